The first-order valence-corrected chi connectivity index (χ1v) is 9.40. The highest BCUT2D eigenvalue weighted by atomic mass is 19.1. The van der Waals surface area contributed by atoms with Crippen LogP contribution in [0.3, 0.4) is 0 Å². The SMILES string of the molecule is CC1(C)CCC2=C1CC(O)[C@@]1(F)C2CC(O)C2CC(=O)CCC21C. The largest absolute Gasteiger partial charge is 0.393 e. The van der Waals surface area contributed by atoms with E-state index in [0.717, 1.165) is 18.4 Å². The van der Waals surface area contributed by atoms with Crippen LogP contribution in [0.5, 0.6) is 0 Å². The molecule has 2 fully saturated rings. The van der Waals surface area contributed by atoms with Crippen molar-refractivity contribution in [2.45, 2.75) is 83.6 Å². The molecule has 6 atom stereocenters. The third-order valence-corrected chi connectivity index (χ3v) is 8.04. The molecule has 0 bridgehead atoms. The molecule has 24 heavy (non-hydrogen) atoms. The van der Waals surface area contributed by atoms with Crippen LogP contribution < -0.4 is 0 Å². The van der Waals surface area contributed by atoms with E-state index in [1.54, 1.807) is 0 Å². The molecule has 3 nitrogen and oxygen atoms in total. The zero-order chi connectivity index (χ0) is 17.5. The first-order chi connectivity index (χ1) is 11.1. The number of hydrogen-bond acceptors (Lipinski definition) is 3. The standard InChI is InChI=1S/C20H29FO3/c1-18(2)6-5-12-13(18)10-17(24)20(21)14(12)9-16(23)15-8-11(22)4-7-19(15,20)3/h14-17,23-24H,4-10H2,1-3H3/t14?,15?,16?,17?,19?,20-/m0/s1. The highest BCUT2D eigenvalue weighted by Crippen LogP contribution is 2.66. The molecule has 0 saturated heterocycles. The second-order valence-electron chi connectivity index (χ2n) is 9.50. The fourth-order valence-corrected chi connectivity index (χ4v) is 6.49. The third kappa shape index (κ3) is 1.87. The van der Waals surface area contributed by atoms with Crippen molar-refractivity contribution in [1.82, 2.24) is 0 Å². The average Bonchev–Trinajstić information content (AvgIpc) is 2.80. The number of allylic oxidation sites excluding steroid dienone is 1. The predicted octanol–water partition coefficient (Wildman–Crippen LogP) is 3.33. The maximum Gasteiger partial charge on any atom is 0.149 e. The highest BCUT2D eigenvalue weighted by Gasteiger charge is 2.69. The fraction of sp³-hybridized carbons (Fsp3) is 0.850. The molecule has 0 aliphatic heterocycles. The van der Waals surface area contributed by atoms with Crippen molar-refractivity contribution < 1.29 is 19.4 Å². The van der Waals surface area contributed by atoms with E-state index in [1.807, 2.05) is 6.92 Å². The second-order valence-corrected chi connectivity index (χ2v) is 9.50. The number of halogens is 1. The normalized spacial score (nSPS) is 50.3. The maximum atomic E-state index is 16.6. The van der Waals surface area contributed by atoms with E-state index in [0.29, 0.717) is 25.7 Å². The number of ketones is 1. The molecule has 0 amide bonds. The summed E-state index contributed by atoms with van der Waals surface area (Å²) in [5.74, 6) is -0.653. The monoisotopic (exact) mass is 336 g/mol. The Bertz CT molecular complexity index is 624. The van der Waals surface area contributed by atoms with Gasteiger partial charge in [0.1, 0.15) is 11.5 Å². The van der Waals surface area contributed by atoms with Crippen molar-refractivity contribution in [3.63, 3.8) is 0 Å². The van der Waals surface area contributed by atoms with Crippen LogP contribution in [-0.4, -0.2) is 33.9 Å². The Hall–Kier alpha value is -0.740. The molecule has 2 N–H and O–H groups in total. The molecule has 0 heterocycles. The summed E-state index contributed by atoms with van der Waals surface area (Å²) in [6, 6.07) is 0. The van der Waals surface area contributed by atoms with Gasteiger partial charge in [0.15, 0.2) is 0 Å². The molecule has 0 radical (unpaired) electrons. The van der Waals surface area contributed by atoms with Gasteiger partial charge >= 0.3 is 0 Å². The minimum atomic E-state index is -1.73. The first-order valence-electron chi connectivity index (χ1n) is 9.40. The van der Waals surface area contributed by atoms with Gasteiger partial charge in [-0.15, -0.1) is 0 Å². The van der Waals surface area contributed by atoms with E-state index in [4.69, 9.17) is 0 Å². The summed E-state index contributed by atoms with van der Waals surface area (Å²) < 4.78 is 16.6. The van der Waals surface area contributed by atoms with Crippen molar-refractivity contribution in [3.8, 4) is 0 Å². The van der Waals surface area contributed by atoms with Crippen molar-refractivity contribution in [2.24, 2.45) is 22.7 Å². The Kier molecular flexibility index (Phi) is 3.42. The Morgan fingerprint density at radius 1 is 1.08 bits per heavy atom. The van der Waals surface area contributed by atoms with Gasteiger partial charge in [-0.1, -0.05) is 31.9 Å². The van der Waals surface area contributed by atoms with Gasteiger partial charge in [-0.25, -0.2) is 4.39 Å². The summed E-state index contributed by atoms with van der Waals surface area (Å²) in [5, 5.41) is 21.7. The van der Waals surface area contributed by atoms with E-state index in [9.17, 15) is 15.0 Å². The lowest BCUT2D eigenvalue weighted by atomic mass is 9.46. The van der Waals surface area contributed by atoms with E-state index >= 15 is 4.39 Å². The van der Waals surface area contributed by atoms with Gasteiger partial charge in [-0.2, -0.15) is 0 Å². The van der Waals surface area contributed by atoms with Crippen LogP contribution >= 0.6 is 0 Å². The van der Waals surface area contributed by atoms with Crippen LogP contribution in [0.4, 0.5) is 4.39 Å². The minimum absolute atomic E-state index is 0.0167. The van der Waals surface area contributed by atoms with Crippen molar-refractivity contribution in [1.29, 1.82) is 0 Å². The summed E-state index contributed by atoms with van der Waals surface area (Å²) in [6.45, 7) is 6.22. The molecule has 4 rings (SSSR count). The lowest BCUT2D eigenvalue weighted by Gasteiger charge is -2.62. The molecule has 5 unspecified atom stereocenters. The zero-order valence-corrected chi connectivity index (χ0v) is 14.9. The number of carbonyl (C=O) groups is 1. The van der Waals surface area contributed by atoms with Gasteiger partial charge in [0, 0.05) is 30.1 Å². The second kappa shape index (κ2) is 4.91. The smallest absolute Gasteiger partial charge is 0.149 e. The summed E-state index contributed by atoms with van der Waals surface area (Å²) >= 11 is 0. The van der Waals surface area contributed by atoms with E-state index in [-0.39, 0.29) is 23.5 Å². The van der Waals surface area contributed by atoms with E-state index in [1.165, 1.54) is 5.57 Å². The zero-order valence-electron chi connectivity index (χ0n) is 14.9. The Labute approximate surface area is 143 Å². The number of rotatable bonds is 0. The van der Waals surface area contributed by atoms with Crippen molar-refractivity contribution in [3.05, 3.63) is 11.1 Å². The number of fused-ring (bicyclic) bond motifs is 4. The van der Waals surface area contributed by atoms with Gasteiger partial charge in [-0.3, -0.25) is 4.79 Å². The van der Waals surface area contributed by atoms with Crippen LogP contribution in [0.1, 0.15) is 65.7 Å². The van der Waals surface area contributed by atoms with Gasteiger partial charge in [-0.05, 0) is 37.5 Å². The Balaban J connectivity index is 1.84. The van der Waals surface area contributed by atoms with Crippen molar-refractivity contribution in [2.75, 3.05) is 0 Å². The maximum absolute atomic E-state index is 16.6. The summed E-state index contributed by atoms with van der Waals surface area (Å²) in [7, 11) is 0. The number of Topliss-reactive ketones (excluding diaryl/α,β-unsaturated/α-hetero) is 1. The molecular weight excluding hydrogens is 307 g/mol. The van der Waals surface area contributed by atoms with Crippen LogP contribution in [-0.2, 0) is 4.79 Å². The van der Waals surface area contributed by atoms with Gasteiger partial charge < -0.3 is 10.2 Å². The quantitative estimate of drug-likeness (QED) is 0.667. The molecule has 0 spiro atoms. The topological polar surface area (TPSA) is 57.5 Å². The molecule has 4 aliphatic rings. The van der Waals surface area contributed by atoms with Gasteiger partial charge in [0.05, 0.1) is 12.2 Å². The molecule has 2 saturated carbocycles. The fourth-order valence-electron chi connectivity index (χ4n) is 6.49. The van der Waals surface area contributed by atoms with E-state index in [2.05, 4.69) is 13.8 Å². The van der Waals surface area contributed by atoms with Crippen LogP contribution in [0.25, 0.3) is 0 Å². The summed E-state index contributed by atoms with van der Waals surface area (Å²) in [5.41, 5.74) is -0.161. The molecule has 0 aromatic heterocycles. The Morgan fingerprint density at radius 2 is 1.79 bits per heavy atom. The van der Waals surface area contributed by atoms with Crippen LogP contribution in [0, 0.1) is 22.7 Å². The van der Waals surface area contributed by atoms with Gasteiger partial charge in [0.25, 0.3) is 0 Å². The van der Waals surface area contributed by atoms with Crippen molar-refractivity contribution >= 4 is 5.78 Å². The Morgan fingerprint density at radius 3 is 2.50 bits per heavy atom. The highest BCUT2D eigenvalue weighted by molar-refractivity contribution is 5.80. The lowest BCUT2D eigenvalue weighted by Crippen LogP contribution is -2.68. The molecule has 4 aliphatic carbocycles. The number of alkyl halides is 1. The summed E-state index contributed by atoms with van der Waals surface area (Å²) in [6.07, 6.45) is 1.97. The third-order valence-electron chi connectivity index (χ3n) is 8.04. The van der Waals surface area contributed by atoms with E-state index < -0.39 is 29.2 Å². The number of aliphatic hydroxyl groups excluding tert-OH is 2. The molecule has 4 heteroatoms. The lowest BCUT2D eigenvalue weighted by molar-refractivity contribution is -0.215. The predicted molar refractivity (Wildman–Crippen MR) is 89.1 cm³/mol. The van der Waals surface area contributed by atoms with Crippen LogP contribution in [0.2, 0.25) is 0 Å². The summed E-state index contributed by atoms with van der Waals surface area (Å²) in [4.78, 5) is 11.9. The molecule has 0 aromatic carbocycles. The molecule has 134 valence electrons. The average molecular weight is 336 g/mol. The number of hydrogen-bond donors (Lipinski definition) is 2. The van der Waals surface area contributed by atoms with Gasteiger partial charge in [0.2, 0.25) is 0 Å². The molecular formula is C20H29FO3. The number of aliphatic hydroxyl groups is 2. The molecule has 0 aromatic rings. The number of carbonyl (C=O) groups excluding carboxylic acids is 1. The minimum Gasteiger partial charge on any atom is -0.393 e. The first kappa shape index (κ1) is 16.7. The van der Waals surface area contributed by atoms with Crippen LogP contribution in [0.15, 0.2) is 11.1 Å².